The molecule has 0 saturated heterocycles. The highest BCUT2D eigenvalue weighted by atomic mass is 35.5. The van der Waals surface area contributed by atoms with Crippen molar-refractivity contribution in [2.75, 3.05) is 6.54 Å². The smallest absolute Gasteiger partial charge is 0.0951 e. The number of hydrogen-bond donors (Lipinski definition) is 1. The Bertz CT molecular complexity index is 493. The van der Waals surface area contributed by atoms with Gasteiger partial charge < -0.3 is 9.88 Å². The van der Waals surface area contributed by atoms with Crippen LogP contribution in [0.25, 0.3) is 0 Å². The van der Waals surface area contributed by atoms with Crippen LogP contribution in [-0.4, -0.2) is 16.1 Å². The lowest BCUT2D eigenvalue weighted by Gasteiger charge is -2.10. The van der Waals surface area contributed by atoms with Crippen LogP contribution in [0.5, 0.6) is 0 Å². The second-order valence-electron chi connectivity index (χ2n) is 4.28. The summed E-state index contributed by atoms with van der Waals surface area (Å²) in [6.45, 7) is 4.80. The highest BCUT2D eigenvalue weighted by molar-refractivity contribution is 6.31. The summed E-state index contributed by atoms with van der Waals surface area (Å²) in [4.78, 5) is 4.21. The van der Waals surface area contributed by atoms with Crippen molar-refractivity contribution in [3.63, 3.8) is 0 Å². The Labute approximate surface area is 113 Å². The standard InChI is InChI=1S/C14H18ClN3/c1-2-7-16-8-13-9-17-11-18(13)10-12-5-3-4-6-14(12)15/h3-6,9,11,16H,2,7-8,10H2,1H3. The summed E-state index contributed by atoms with van der Waals surface area (Å²) in [6.07, 6.45) is 4.89. The summed E-state index contributed by atoms with van der Waals surface area (Å²) < 4.78 is 2.13. The molecule has 96 valence electrons. The SMILES string of the molecule is CCCNCc1cncn1Cc1ccccc1Cl. The minimum absolute atomic E-state index is 0.767. The Morgan fingerprint density at radius 2 is 2.17 bits per heavy atom. The zero-order chi connectivity index (χ0) is 12.8. The molecule has 0 saturated carbocycles. The third-order valence-electron chi connectivity index (χ3n) is 2.83. The molecule has 1 aromatic carbocycles. The molecule has 3 nitrogen and oxygen atoms in total. The first-order valence-electron chi connectivity index (χ1n) is 6.24. The largest absolute Gasteiger partial charge is 0.329 e. The van der Waals surface area contributed by atoms with Gasteiger partial charge in [0.2, 0.25) is 0 Å². The van der Waals surface area contributed by atoms with Crippen LogP contribution in [0.2, 0.25) is 5.02 Å². The van der Waals surface area contributed by atoms with Crippen molar-refractivity contribution in [1.29, 1.82) is 0 Å². The topological polar surface area (TPSA) is 29.9 Å². The molecule has 2 rings (SSSR count). The van der Waals surface area contributed by atoms with Crippen LogP contribution < -0.4 is 5.32 Å². The number of nitrogens with zero attached hydrogens (tertiary/aromatic N) is 2. The molecule has 1 N–H and O–H groups in total. The number of aromatic nitrogens is 2. The third-order valence-corrected chi connectivity index (χ3v) is 3.20. The van der Waals surface area contributed by atoms with E-state index in [0.29, 0.717) is 0 Å². The van der Waals surface area contributed by atoms with E-state index in [1.807, 2.05) is 36.8 Å². The fourth-order valence-corrected chi connectivity index (χ4v) is 2.04. The van der Waals surface area contributed by atoms with Gasteiger partial charge in [-0.3, -0.25) is 0 Å². The van der Waals surface area contributed by atoms with E-state index in [1.54, 1.807) is 0 Å². The Hall–Kier alpha value is -1.32. The molecule has 0 radical (unpaired) electrons. The van der Waals surface area contributed by atoms with E-state index in [0.717, 1.165) is 36.6 Å². The summed E-state index contributed by atoms with van der Waals surface area (Å²) in [6, 6.07) is 7.92. The first-order chi connectivity index (χ1) is 8.81. The number of hydrogen-bond acceptors (Lipinski definition) is 2. The molecule has 1 aromatic heterocycles. The van der Waals surface area contributed by atoms with Gasteiger partial charge in [0.1, 0.15) is 0 Å². The van der Waals surface area contributed by atoms with Crippen LogP contribution >= 0.6 is 11.6 Å². The Morgan fingerprint density at radius 3 is 2.94 bits per heavy atom. The van der Waals surface area contributed by atoms with Crippen LogP contribution in [0.3, 0.4) is 0 Å². The zero-order valence-corrected chi connectivity index (χ0v) is 11.3. The van der Waals surface area contributed by atoms with Gasteiger partial charge in [-0.15, -0.1) is 0 Å². The van der Waals surface area contributed by atoms with E-state index in [4.69, 9.17) is 11.6 Å². The molecule has 0 spiro atoms. The molecule has 0 bridgehead atoms. The molecule has 0 aliphatic rings. The summed E-state index contributed by atoms with van der Waals surface area (Å²) in [5.74, 6) is 0. The summed E-state index contributed by atoms with van der Waals surface area (Å²) >= 11 is 6.17. The van der Waals surface area contributed by atoms with Gasteiger partial charge in [-0.25, -0.2) is 4.98 Å². The van der Waals surface area contributed by atoms with Crippen molar-refractivity contribution in [3.05, 3.63) is 53.1 Å². The van der Waals surface area contributed by atoms with Gasteiger partial charge in [0.15, 0.2) is 0 Å². The highest BCUT2D eigenvalue weighted by Crippen LogP contribution is 2.16. The van der Waals surface area contributed by atoms with E-state index >= 15 is 0 Å². The van der Waals surface area contributed by atoms with Crippen LogP contribution in [-0.2, 0) is 13.1 Å². The van der Waals surface area contributed by atoms with Crippen molar-refractivity contribution in [3.8, 4) is 0 Å². The molecular formula is C14H18ClN3. The van der Waals surface area contributed by atoms with Gasteiger partial charge in [-0.1, -0.05) is 36.7 Å². The van der Waals surface area contributed by atoms with Gasteiger partial charge >= 0.3 is 0 Å². The minimum atomic E-state index is 0.767. The van der Waals surface area contributed by atoms with E-state index < -0.39 is 0 Å². The van der Waals surface area contributed by atoms with E-state index in [9.17, 15) is 0 Å². The van der Waals surface area contributed by atoms with Gasteiger partial charge in [0.05, 0.1) is 18.6 Å². The van der Waals surface area contributed by atoms with Crippen molar-refractivity contribution in [2.24, 2.45) is 0 Å². The highest BCUT2D eigenvalue weighted by Gasteiger charge is 2.04. The molecule has 1 heterocycles. The van der Waals surface area contributed by atoms with Crippen molar-refractivity contribution < 1.29 is 0 Å². The van der Waals surface area contributed by atoms with E-state index in [1.165, 1.54) is 5.69 Å². The van der Waals surface area contributed by atoms with Gasteiger partial charge in [0.25, 0.3) is 0 Å². The minimum Gasteiger partial charge on any atom is -0.329 e. The molecule has 0 aliphatic carbocycles. The Balaban J connectivity index is 2.05. The number of imidazole rings is 1. The van der Waals surface area contributed by atoms with Gasteiger partial charge in [-0.2, -0.15) is 0 Å². The maximum absolute atomic E-state index is 6.17. The summed E-state index contributed by atoms with van der Waals surface area (Å²) in [7, 11) is 0. The monoisotopic (exact) mass is 263 g/mol. The molecule has 0 fully saturated rings. The lowest BCUT2D eigenvalue weighted by molar-refractivity contribution is 0.630. The average molecular weight is 264 g/mol. The number of nitrogens with one attached hydrogen (secondary N) is 1. The fourth-order valence-electron chi connectivity index (χ4n) is 1.84. The average Bonchev–Trinajstić information content (AvgIpc) is 2.80. The molecular weight excluding hydrogens is 246 g/mol. The maximum atomic E-state index is 6.17. The summed E-state index contributed by atoms with van der Waals surface area (Å²) in [5, 5.41) is 4.19. The van der Waals surface area contributed by atoms with Crippen LogP contribution in [0.1, 0.15) is 24.6 Å². The number of halogens is 1. The summed E-state index contributed by atoms with van der Waals surface area (Å²) in [5.41, 5.74) is 2.30. The van der Waals surface area contributed by atoms with E-state index in [2.05, 4.69) is 21.8 Å². The molecule has 0 amide bonds. The predicted molar refractivity (Wildman–Crippen MR) is 74.8 cm³/mol. The Morgan fingerprint density at radius 1 is 1.33 bits per heavy atom. The zero-order valence-electron chi connectivity index (χ0n) is 10.6. The van der Waals surface area contributed by atoms with Gasteiger partial charge in [-0.05, 0) is 24.6 Å². The van der Waals surface area contributed by atoms with Gasteiger partial charge in [0, 0.05) is 17.8 Å². The Kier molecular flexibility index (Phi) is 4.79. The molecule has 0 atom stereocenters. The number of benzene rings is 1. The van der Waals surface area contributed by atoms with Crippen LogP contribution in [0, 0.1) is 0 Å². The predicted octanol–water partition coefficient (Wildman–Crippen LogP) is 3.08. The normalized spacial score (nSPS) is 10.8. The maximum Gasteiger partial charge on any atom is 0.0951 e. The van der Waals surface area contributed by atoms with Crippen molar-refractivity contribution in [2.45, 2.75) is 26.4 Å². The van der Waals surface area contributed by atoms with Crippen molar-refractivity contribution >= 4 is 11.6 Å². The second kappa shape index (κ2) is 6.57. The van der Waals surface area contributed by atoms with Crippen LogP contribution in [0.4, 0.5) is 0 Å². The number of rotatable bonds is 6. The quantitative estimate of drug-likeness (QED) is 0.812. The fraction of sp³-hybridized carbons (Fsp3) is 0.357. The second-order valence-corrected chi connectivity index (χ2v) is 4.69. The molecule has 0 aliphatic heterocycles. The molecule has 4 heteroatoms. The van der Waals surface area contributed by atoms with E-state index in [-0.39, 0.29) is 0 Å². The first-order valence-corrected chi connectivity index (χ1v) is 6.62. The molecule has 18 heavy (non-hydrogen) atoms. The lowest BCUT2D eigenvalue weighted by atomic mass is 10.2. The first kappa shape index (κ1) is 13.1. The van der Waals surface area contributed by atoms with Crippen LogP contribution in [0.15, 0.2) is 36.8 Å². The molecule has 0 unspecified atom stereocenters. The van der Waals surface area contributed by atoms with Crippen molar-refractivity contribution in [1.82, 2.24) is 14.9 Å². The third kappa shape index (κ3) is 3.34. The molecule has 2 aromatic rings. The lowest BCUT2D eigenvalue weighted by Crippen LogP contribution is -2.17.